The minimum atomic E-state index is -3.36. The maximum Gasteiger partial charge on any atom is 0.270 e. The maximum atomic E-state index is 11.3. The van der Waals surface area contributed by atoms with Crippen LogP contribution in [0.3, 0.4) is 0 Å². The van der Waals surface area contributed by atoms with Crippen molar-refractivity contribution in [3.63, 3.8) is 0 Å². The zero-order chi connectivity index (χ0) is 14.9. The SMILES string of the molecule is CS(=O)(=O)Nc1ccsc1-c1nc(-c2ccccc2)no1. The van der Waals surface area contributed by atoms with Crippen molar-refractivity contribution in [1.29, 1.82) is 0 Å². The Morgan fingerprint density at radius 3 is 2.67 bits per heavy atom. The van der Waals surface area contributed by atoms with Crippen molar-refractivity contribution in [2.24, 2.45) is 0 Å². The van der Waals surface area contributed by atoms with Crippen LogP contribution in [0.1, 0.15) is 0 Å². The standard InChI is InChI=1S/C13H11N3O3S2/c1-21(17,18)16-10-7-8-20-11(10)13-14-12(15-19-13)9-5-3-2-4-6-9/h2-8,16H,1H3. The Kier molecular flexibility index (Phi) is 3.48. The number of nitrogens with one attached hydrogen (secondary N) is 1. The summed E-state index contributed by atoms with van der Waals surface area (Å²) in [6.07, 6.45) is 1.09. The molecule has 0 aliphatic rings. The van der Waals surface area contributed by atoms with Crippen LogP contribution in [-0.2, 0) is 10.0 Å². The molecule has 0 saturated heterocycles. The number of anilines is 1. The van der Waals surface area contributed by atoms with Crippen molar-refractivity contribution in [2.75, 3.05) is 11.0 Å². The Labute approximate surface area is 125 Å². The number of hydrogen-bond acceptors (Lipinski definition) is 6. The van der Waals surface area contributed by atoms with Crippen LogP contribution >= 0.6 is 11.3 Å². The van der Waals surface area contributed by atoms with Crippen LogP contribution in [-0.4, -0.2) is 24.8 Å². The van der Waals surface area contributed by atoms with Gasteiger partial charge in [-0.05, 0) is 11.4 Å². The molecular formula is C13H11N3O3S2. The van der Waals surface area contributed by atoms with Crippen LogP contribution in [0.15, 0.2) is 46.3 Å². The molecule has 1 aromatic carbocycles. The van der Waals surface area contributed by atoms with Gasteiger partial charge in [0.1, 0.15) is 4.88 Å². The number of rotatable bonds is 4. The van der Waals surface area contributed by atoms with Gasteiger partial charge in [0.2, 0.25) is 15.8 Å². The van der Waals surface area contributed by atoms with Crippen LogP contribution in [0, 0.1) is 0 Å². The lowest BCUT2D eigenvalue weighted by Crippen LogP contribution is -2.09. The molecule has 2 aromatic heterocycles. The van der Waals surface area contributed by atoms with E-state index in [4.69, 9.17) is 4.52 Å². The maximum absolute atomic E-state index is 11.3. The monoisotopic (exact) mass is 321 g/mol. The molecule has 21 heavy (non-hydrogen) atoms. The van der Waals surface area contributed by atoms with Crippen LogP contribution in [0.25, 0.3) is 22.2 Å². The molecule has 1 N–H and O–H groups in total. The lowest BCUT2D eigenvalue weighted by molar-refractivity contribution is 0.433. The average Bonchev–Trinajstić information content (AvgIpc) is 3.06. The molecule has 108 valence electrons. The number of aromatic nitrogens is 2. The second kappa shape index (κ2) is 5.30. The summed E-state index contributed by atoms with van der Waals surface area (Å²) in [6.45, 7) is 0. The van der Waals surface area contributed by atoms with Gasteiger partial charge in [0.05, 0.1) is 11.9 Å². The largest absolute Gasteiger partial charge is 0.333 e. The molecule has 0 bridgehead atoms. The highest BCUT2D eigenvalue weighted by molar-refractivity contribution is 7.92. The number of thiophene rings is 1. The molecule has 3 aromatic rings. The summed E-state index contributed by atoms with van der Waals surface area (Å²) in [5, 5.41) is 5.68. The minimum Gasteiger partial charge on any atom is -0.333 e. The molecule has 0 aliphatic heterocycles. The highest BCUT2D eigenvalue weighted by Gasteiger charge is 2.17. The smallest absolute Gasteiger partial charge is 0.270 e. The topological polar surface area (TPSA) is 85.1 Å². The lowest BCUT2D eigenvalue weighted by Gasteiger charge is -2.01. The van der Waals surface area contributed by atoms with E-state index in [0.717, 1.165) is 11.8 Å². The molecule has 0 aliphatic carbocycles. The summed E-state index contributed by atoms with van der Waals surface area (Å²) < 4.78 is 30.3. The second-order valence-corrected chi connectivity index (χ2v) is 6.99. The van der Waals surface area contributed by atoms with E-state index in [1.54, 1.807) is 11.4 Å². The third-order valence-electron chi connectivity index (χ3n) is 2.61. The quantitative estimate of drug-likeness (QED) is 0.798. The van der Waals surface area contributed by atoms with Gasteiger partial charge < -0.3 is 4.52 Å². The van der Waals surface area contributed by atoms with E-state index in [-0.39, 0.29) is 5.89 Å². The van der Waals surface area contributed by atoms with Gasteiger partial charge in [-0.25, -0.2) is 8.42 Å². The molecule has 6 nitrogen and oxygen atoms in total. The number of benzene rings is 1. The Balaban J connectivity index is 1.96. The summed E-state index contributed by atoms with van der Waals surface area (Å²) >= 11 is 1.33. The number of sulfonamides is 1. The highest BCUT2D eigenvalue weighted by atomic mass is 32.2. The van der Waals surface area contributed by atoms with E-state index >= 15 is 0 Å². The molecule has 2 heterocycles. The molecule has 0 amide bonds. The molecule has 0 fully saturated rings. The molecular weight excluding hydrogens is 310 g/mol. The third kappa shape index (κ3) is 3.11. The van der Waals surface area contributed by atoms with Crippen molar-refractivity contribution < 1.29 is 12.9 Å². The van der Waals surface area contributed by atoms with E-state index in [9.17, 15) is 8.42 Å². The summed E-state index contributed by atoms with van der Waals surface area (Å²) in [7, 11) is -3.36. The molecule has 0 unspecified atom stereocenters. The third-order valence-corrected chi connectivity index (χ3v) is 4.11. The fourth-order valence-corrected chi connectivity index (χ4v) is 3.18. The zero-order valence-corrected chi connectivity index (χ0v) is 12.6. The van der Waals surface area contributed by atoms with E-state index in [2.05, 4.69) is 14.9 Å². The summed E-state index contributed by atoms with van der Waals surface area (Å²) in [6, 6.07) is 11.1. The van der Waals surface area contributed by atoms with Crippen LogP contribution in [0.4, 0.5) is 5.69 Å². The second-order valence-electron chi connectivity index (χ2n) is 4.33. The van der Waals surface area contributed by atoms with Gasteiger partial charge in [-0.2, -0.15) is 4.98 Å². The van der Waals surface area contributed by atoms with E-state index in [1.165, 1.54) is 11.3 Å². The van der Waals surface area contributed by atoms with Gasteiger partial charge in [0.15, 0.2) is 0 Å². The number of nitrogens with zero attached hydrogens (tertiary/aromatic N) is 2. The predicted molar refractivity (Wildman–Crippen MR) is 81.5 cm³/mol. The molecule has 8 heteroatoms. The van der Waals surface area contributed by atoms with E-state index in [0.29, 0.717) is 16.4 Å². The molecule has 0 saturated carbocycles. The Morgan fingerprint density at radius 1 is 1.19 bits per heavy atom. The Morgan fingerprint density at radius 2 is 1.95 bits per heavy atom. The van der Waals surface area contributed by atoms with Crippen molar-refractivity contribution >= 4 is 27.0 Å². The first-order valence-electron chi connectivity index (χ1n) is 5.98. The summed E-state index contributed by atoms with van der Waals surface area (Å²) in [5.41, 5.74) is 1.27. The zero-order valence-electron chi connectivity index (χ0n) is 11.0. The van der Waals surface area contributed by atoms with Gasteiger partial charge in [0, 0.05) is 5.56 Å². The van der Waals surface area contributed by atoms with E-state index in [1.807, 2.05) is 30.3 Å². The van der Waals surface area contributed by atoms with Gasteiger partial charge in [-0.3, -0.25) is 4.72 Å². The summed E-state index contributed by atoms with van der Waals surface area (Å²) in [5.74, 6) is 0.749. The van der Waals surface area contributed by atoms with Crippen molar-refractivity contribution in [3.05, 3.63) is 41.8 Å². The minimum absolute atomic E-state index is 0.287. The highest BCUT2D eigenvalue weighted by Crippen LogP contribution is 2.34. The fraction of sp³-hybridized carbons (Fsp3) is 0.0769. The molecule has 3 rings (SSSR count). The summed E-state index contributed by atoms with van der Waals surface area (Å²) in [4.78, 5) is 4.90. The molecule has 0 spiro atoms. The Bertz CT molecular complexity index is 854. The predicted octanol–water partition coefficient (Wildman–Crippen LogP) is 2.84. The molecule has 0 atom stereocenters. The fourth-order valence-electron chi connectivity index (χ4n) is 1.78. The Hall–Kier alpha value is -2.19. The normalized spacial score (nSPS) is 11.5. The van der Waals surface area contributed by atoms with Gasteiger partial charge in [-0.1, -0.05) is 35.5 Å². The van der Waals surface area contributed by atoms with Gasteiger partial charge >= 0.3 is 0 Å². The first-order chi connectivity index (χ1) is 10.0. The van der Waals surface area contributed by atoms with Crippen LogP contribution in [0.2, 0.25) is 0 Å². The van der Waals surface area contributed by atoms with Crippen molar-refractivity contribution in [2.45, 2.75) is 0 Å². The van der Waals surface area contributed by atoms with Gasteiger partial charge in [0.25, 0.3) is 5.89 Å². The number of hydrogen-bond donors (Lipinski definition) is 1. The van der Waals surface area contributed by atoms with Crippen LogP contribution in [0.5, 0.6) is 0 Å². The van der Waals surface area contributed by atoms with Gasteiger partial charge in [-0.15, -0.1) is 11.3 Å². The van der Waals surface area contributed by atoms with E-state index < -0.39 is 10.0 Å². The van der Waals surface area contributed by atoms with Crippen molar-refractivity contribution in [3.8, 4) is 22.2 Å². The first-order valence-corrected chi connectivity index (χ1v) is 8.75. The van der Waals surface area contributed by atoms with Crippen molar-refractivity contribution in [1.82, 2.24) is 10.1 Å². The molecule has 0 radical (unpaired) electrons. The lowest BCUT2D eigenvalue weighted by atomic mass is 10.2. The average molecular weight is 321 g/mol. The first kappa shape index (κ1) is 13.8. The van der Waals surface area contributed by atoms with Crippen LogP contribution < -0.4 is 4.72 Å².